The van der Waals surface area contributed by atoms with Gasteiger partial charge in [-0.05, 0) is 56.6 Å². The minimum atomic E-state index is -1.06. The first kappa shape index (κ1) is 19.8. The van der Waals surface area contributed by atoms with Gasteiger partial charge in [0.15, 0.2) is 17.6 Å². The zero-order chi connectivity index (χ0) is 22.3. The number of esters is 1. The Morgan fingerprint density at radius 1 is 1.25 bits per heavy atom. The summed E-state index contributed by atoms with van der Waals surface area (Å²) in [6.07, 6.45) is 2.90. The van der Waals surface area contributed by atoms with E-state index in [0.717, 1.165) is 23.2 Å². The lowest BCUT2D eigenvalue weighted by Gasteiger charge is -2.61. The van der Waals surface area contributed by atoms with Gasteiger partial charge in [0, 0.05) is 18.0 Å². The minimum Gasteiger partial charge on any atom is -0.504 e. The molecule has 2 N–H and O–H groups in total. The normalized spacial score (nSPS) is 33.0. The van der Waals surface area contributed by atoms with E-state index < -0.39 is 23.0 Å². The van der Waals surface area contributed by atoms with Crippen LogP contribution in [0.25, 0.3) is 0 Å². The Bertz CT molecular complexity index is 1140. The van der Waals surface area contributed by atoms with E-state index in [-0.39, 0.29) is 17.8 Å². The molecule has 2 aliphatic heterocycles. The lowest BCUT2D eigenvalue weighted by molar-refractivity contribution is -0.169. The molecule has 6 nitrogen and oxygen atoms in total. The third-order valence-corrected chi connectivity index (χ3v) is 8.22. The lowest BCUT2D eigenvalue weighted by atomic mass is 9.50. The highest BCUT2D eigenvalue weighted by atomic mass is 16.6. The van der Waals surface area contributed by atoms with E-state index in [1.807, 2.05) is 56.4 Å². The lowest BCUT2D eigenvalue weighted by Crippen LogP contribution is -2.74. The Morgan fingerprint density at radius 2 is 2.03 bits per heavy atom. The number of rotatable bonds is 3. The third-order valence-electron chi connectivity index (χ3n) is 8.22. The second-order valence-electron chi connectivity index (χ2n) is 9.66. The van der Waals surface area contributed by atoms with Crippen LogP contribution in [0.4, 0.5) is 0 Å². The van der Waals surface area contributed by atoms with Crippen molar-refractivity contribution in [3.05, 3.63) is 71.0 Å². The van der Waals surface area contributed by atoms with E-state index in [1.54, 1.807) is 6.07 Å². The van der Waals surface area contributed by atoms with Crippen LogP contribution in [0.1, 0.15) is 42.4 Å². The number of carbonyl (C=O) groups excluding carboxylic acids is 1. The first-order valence-corrected chi connectivity index (χ1v) is 11.3. The average Bonchev–Trinajstić information content (AvgIpc) is 3.16. The van der Waals surface area contributed by atoms with Crippen molar-refractivity contribution in [1.29, 1.82) is 0 Å². The molecule has 2 aromatic rings. The summed E-state index contributed by atoms with van der Waals surface area (Å²) in [5.74, 6) is 0.145. The maximum Gasteiger partial charge on any atom is 0.318 e. The fraction of sp³-hybridized carbons (Fsp3) is 0.423. The zero-order valence-electron chi connectivity index (χ0n) is 18.2. The van der Waals surface area contributed by atoms with E-state index in [4.69, 9.17) is 9.47 Å². The number of carbonyl (C=O) groups is 1. The van der Waals surface area contributed by atoms with Crippen LogP contribution in [0.5, 0.6) is 11.5 Å². The van der Waals surface area contributed by atoms with Gasteiger partial charge in [0.25, 0.3) is 0 Å². The quantitative estimate of drug-likeness (QED) is 0.725. The molecule has 0 unspecified atom stereocenters. The van der Waals surface area contributed by atoms with Crippen molar-refractivity contribution in [2.75, 3.05) is 13.6 Å². The molecule has 6 rings (SSSR count). The molecule has 4 aliphatic rings. The van der Waals surface area contributed by atoms with E-state index in [0.29, 0.717) is 30.8 Å². The summed E-state index contributed by atoms with van der Waals surface area (Å²) in [5, 5.41) is 22.7. The topological polar surface area (TPSA) is 79.2 Å². The minimum absolute atomic E-state index is 0.0654. The highest BCUT2D eigenvalue weighted by molar-refractivity contribution is 5.79. The average molecular weight is 434 g/mol. The van der Waals surface area contributed by atoms with Crippen molar-refractivity contribution in [1.82, 2.24) is 4.90 Å². The first-order valence-electron chi connectivity index (χ1n) is 11.3. The Balaban J connectivity index is 1.43. The molecule has 5 atom stereocenters. The Hall–Kier alpha value is -2.83. The summed E-state index contributed by atoms with van der Waals surface area (Å²) in [5.41, 5.74) is 1.07. The standard InChI is InChI=1S/C26H27NO5/c1-15(16-6-4-3-5-7-16)24(29)31-19-10-11-26(30)20-14-17-8-9-18(28)22-21(17)25(26,23(19)32-22)12-13-27(20)2/h3-10,15,20,23,28,30H,11-14H2,1-2H3/t15-,20-,23+,25+,26-/m1/s1. The molecule has 0 saturated carbocycles. The predicted molar refractivity (Wildman–Crippen MR) is 118 cm³/mol. The molecule has 0 amide bonds. The molecule has 1 spiro atoms. The van der Waals surface area contributed by atoms with E-state index in [9.17, 15) is 15.0 Å². The maximum absolute atomic E-state index is 13.1. The van der Waals surface area contributed by atoms with E-state index >= 15 is 0 Å². The molecular formula is C26H27NO5. The number of aliphatic hydroxyl groups is 1. The van der Waals surface area contributed by atoms with Gasteiger partial charge in [0.05, 0.1) is 16.9 Å². The van der Waals surface area contributed by atoms with Gasteiger partial charge in [-0.3, -0.25) is 4.79 Å². The number of piperidine rings is 1. The summed E-state index contributed by atoms with van der Waals surface area (Å²) in [6, 6.07) is 13.1. The van der Waals surface area contributed by atoms with Gasteiger partial charge in [0.2, 0.25) is 0 Å². The second kappa shape index (κ2) is 6.59. The largest absolute Gasteiger partial charge is 0.504 e. The van der Waals surface area contributed by atoms with Crippen molar-refractivity contribution in [2.45, 2.75) is 55.3 Å². The SMILES string of the molecule is C[C@@H](C(=O)OC1=CC[C@@]2(O)[C@H]3Cc4ccc(O)c5c4[C@@]2(CCN3C)[C@H]1O5)c1ccccc1. The molecule has 1 fully saturated rings. The van der Waals surface area contributed by atoms with Gasteiger partial charge in [-0.15, -0.1) is 0 Å². The maximum atomic E-state index is 13.1. The van der Waals surface area contributed by atoms with Crippen molar-refractivity contribution < 1.29 is 24.5 Å². The molecule has 2 bridgehead atoms. The third kappa shape index (κ3) is 2.34. The van der Waals surface area contributed by atoms with Gasteiger partial charge in [0.1, 0.15) is 5.76 Å². The van der Waals surface area contributed by atoms with E-state index in [1.165, 1.54) is 0 Å². The molecule has 2 aromatic carbocycles. The Kier molecular flexibility index (Phi) is 4.08. The summed E-state index contributed by atoms with van der Waals surface area (Å²) in [6.45, 7) is 2.62. The van der Waals surface area contributed by atoms with Crippen LogP contribution in [-0.4, -0.2) is 52.4 Å². The molecule has 0 aromatic heterocycles. The molecule has 2 heterocycles. The summed E-state index contributed by atoms with van der Waals surface area (Å²) >= 11 is 0. The molecule has 6 heteroatoms. The number of phenols is 1. The molecule has 2 aliphatic carbocycles. The molecule has 166 valence electrons. The van der Waals surface area contributed by atoms with Gasteiger partial charge >= 0.3 is 5.97 Å². The van der Waals surface area contributed by atoms with Crippen LogP contribution >= 0.6 is 0 Å². The zero-order valence-corrected chi connectivity index (χ0v) is 18.2. The van der Waals surface area contributed by atoms with Crippen LogP contribution < -0.4 is 4.74 Å². The number of aromatic hydroxyl groups is 1. The second-order valence-corrected chi connectivity index (χ2v) is 9.66. The highest BCUT2D eigenvalue weighted by Gasteiger charge is 2.72. The number of ether oxygens (including phenoxy) is 2. The van der Waals surface area contributed by atoms with Crippen molar-refractivity contribution in [2.24, 2.45) is 0 Å². The van der Waals surface area contributed by atoms with Gasteiger partial charge in [-0.2, -0.15) is 0 Å². The number of benzene rings is 2. The Labute approximate surface area is 187 Å². The number of hydrogen-bond donors (Lipinski definition) is 2. The van der Waals surface area contributed by atoms with Crippen molar-refractivity contribution >= 4 is 5.97 Å². The fourth-order valence-corrected chi connectivity index (χ4v) is 6.52. The van der Waals surface area contributed by atoms with Crippen LogP contribution in [0.3, 0.4) is 0 Å². The van der Waals surface area contributed by atoms with E-state index in [2.05, 4.69) is 4.90 Å². The molecule has 0 radical (unpaired) electrons. The summed E-state index contributed by atoms with van der Waals surface area (Å²) < 4.78 is 12.3. The summed E-state index contributed by atoms with van der Waals surface area (Å²) in [4.78, 5) is 15.3. The van der Waals surface area contributed by atoms with Gasteiger partial charge in [-0.1, -0.05) is 36.4 Å². The monoisotopic (exact) mass is 433 g/mol. The first-order chi connectivity index (χ1) is 15.4. The number of likely N-dealkylation sites (N-methyl/N-ethyl adjacent to an activating group) is 1. The van der Waals surface area contributed by atoms with Crippen LogP contribution in [0, 0.1) is 0 Å². The van der Waals surface area contributed by atoms with Crippen LogP contribution in [-0.2, 0) is 21.4 Å². The van der Waals surface area contributed by atoms with Crippen LogP contribution in [0.2, 0.25) is 0 Å². The number of likely N-dealkylation sites (tertiary alicyclic amines) is 1. The molecule has 1 saturated heterocycles. The number of phenolic OH excluding ortho intramolecular Hbond substituents is 1. The van der Waals surface area contributed by atoms with Crippen molar-refractivity contribution in [3.8, 4) is 11.5 Å². The number of nitrogens with zero attached hydrogens (tertiary/aromatic N) is 1. The van der Waals surface area contributed by atoms with Crippen molar-refractivity contribution in [3.63, 3.8) is 0 Å². The smallest absolute Gasteiger partial charge is 0.318 e. The highest BCUT2D eigenvalue weighted by Crippen LogP contribution is 2.65. The number of hydrogen-bond acceptors (Lipinski definition) is 6. The fourth-order valence-electron chi connectivity index (χ4n) is 6.52. The molecular weight excluding hydrogens is 406 g/mol. The predicted octanol–water partition coefficient (Wildman–Crippen LogP) is 3.02. The summed E-state index contributed by atoms with van der Waals surface area (Å²) in [7, 11) is 2.05. The Morgan fingerprint density at radius 3 is 2.81 bits per heavy atom. The molecule has 32 heavy (non-hydrogen) atoms. The van der Waals surface area contributed by atoms with Gasteiger partial charge < -0.3 is 24.6 Å². The van der Waals surface area contributed by atoms with Crippen LogP contribution in [0.15, 0.2) is 54.3 Å². The van der Waals surface area contributed by atoms with Gasteiger partial charge in [-0.25, -0.2) is 0 Å².